The maximum Gasteiger partial charge on any atom is 0.673 e. The highest BCUT2D eigenvalue weighted by molar-refractivity contribution is 9.10. The van der Waals surface area contributed by atoms with Gasteiger partial charge >= 0.3 is 12.9 Å². The first-order valence-electron chi connectivity index (χ1n) is 7.87. The zero-order valence-electron chi connectivity index (χ0n) is 14.0. The van der Waals surface area contributed by atoms with Gasteiger partial charge in [0.1, 0.15) is 18.1 Å². The van der Waals surface area contributed by atoms with E-state index in [-0.39, 0.29) is 0 Å². The predicted molar refractivity (Wildman–Crippen MR) is 106 cm³/mol. The van der Waals surface area contributed by atoms with Gasteiger partial charge in [-0.15, -0.1) is 9.50 Å². The summed E-state index contributed by atoms with van der Waals surface area (Å²) in [6, 6.07) is 18.1. The van der Waals surface area contributed by atoms with Crippen molar-refractivity contribution in [3.63, 3.8) is 0 Å². The standard InChI is InChI=1S/C17H11Br2N4.BF4/c18-13-6-8-15(9-7-13)23-21-16(12-4-2-1-3-5-12)17-20-10-14(19)11-22(17)23;2-1(3,4)5/h1-11H;/q+1;-1. The lowest BCUT2D eigenvalue weighted by Gasteiger charge is -1.98. The smallest absolute Gasteiger partial charge is 0.418 e. The van der Waals surface area contributed by atoms with E-state index in [9.17, 15) is 17.3 Å². The number of aromatic nitrogens is 4. The van der Waals surface area contributed by atoms with Crippen LogP contribution in [0.4, 0.5) is 17.3 Å². The fourth-order valence-corrected chi connectivity index (χ4v) is 3.00. The molecule has 0 N–H and O–H groups in total. The zero-order chi connectivity index (χ0) is 20.3. The molecule has 0 bridgehead atoms. The second kappa shape index (κ2) is 8.40. The van der Waals surface area contributed by atoms with Gasteiger partial charge in [0.15, 0.2) is 0 Å². The van der Waals surface area contributed by atoms with Gasteiger partial charge < -0.3 is 17.3 Å². The van der Waals surface area contributed by atoms with Gasteiger partial charge in [-0.3, -0.25) is 0 Å². The first kappa shape index (κ1) is 20.5. The van der Waals surface area contributed by atoms with Crippen molar-refractivity contribution in [3.8, 4) is 16.9 Å². The first-order valence-corrected chi connectivity index (χ1v) is 9.46. The number of nitrogens with zero attached hydrogens (tertiary/aromatic N) is 4. The third kappa shape index (κ3) is 5.17. The SMILES string of the molecule is Brc1ccc(-n2nc(-c3ccccc3)c3ncc(Br)c[n+]32)cc1.F[B-](F)(F)F. The Kier molecular flexibility index (Phi) is 6.14. The van der Waals surface area contributed by atoms with Crippen LogP contribution in [0.5, 0.6) is 0 Å². The maximum atomic E-state index is 9.75. The Bertz CT molecular complexity index is 1080. The van der Waals surface area contributed by atoms with Crippen LogP contribution in [0.15, 0.2) is 75.9 Å². The minimum atomic E-state index is -6.00. The van der Waals surface area contributed by atoms with Gasteiger partial charge in [0, 0.05) is 10.0 Å². The largest absolute Gasteiger partial charge is 0.673 e. The number of hydrogen-bond donors (Lipinski definition) is 0. The van der Waals surface area contributed by atoms with E-state index in [2.05, 4.69) is 36.8 Å². The van der Waals surface area contributed by atoms with Crippen LogP contribution in [-0.4, -0.2) is 22.1 Å². The lowest BCUT2D eigenvalue weighted by molar-refractivity contribution is -0.606. The summed E-state index contributed by atoms with van der Waals surface area (Å²) < 4.78 is 42.9. The molecule has 0 aliphatic rings. The highest BCUT2D eigenvalue weighted by atomic mass is 79.9. The number of rotatable bonds is 2. The molecule has 0 aliphatic heterocycles. The lowest BCUT2D eigenvalue weighted by Crippen LogP contribution is -2.32. The van der Waals surface area contributed by atoms with Crippen molar-refractivity contribution in [2.45, 2.75) is 0 Å². The average molecular weight is 518 g/mol. The van der Waals surface area contributed by atoms with Crippen LogP contribution in [0, 0.1) is 0 Å². The highest BCUT2D eigenvalue weighted by Gasteiger charge is 2.23. The number of hydrogen-bond acceptors (Lipinski definition) is 2. The first-order chi connectivity index (χ1) is 13.2. The van der Waals surface area contributed by atoms with Gasteiger partial charge in [0.2, 0.25) is 5.69 Å². The molecule has 0 saturated carbocycles. The molecule has 0 aliphatic carbocycles. The third-order valence-corrected chi connectivity index (χ3v) is 4.43. The van der Waals surface area contributed by atoms with E-state index < -0.39 is 7.25 Å². The van der Waals surface area contributed by atoms with E-state index in [4.69, 9.17) is 5.10 Å². The van der Waals surface area contributed by atoms with E-state index in [0.717, 1.165) is 31.5 Å². The van der Waals surface area contributed by atoms with Crippen molar-refractivity contribution < 1.29 is 21.8 Å². The van der Waals surface area contributed by atoms with Crippen LogP contribution in [0.3, 0.4) is 0 Å². The molecule has 0 amide bonds. The molecular formula is C17H11BBr2F4N4. The minimum Gasteiger partial charge on any atom is -0.418 e. The molecule has 2 aromatic carbocycles. The van der Waals surface area contributed by atoms with Crippen LogP contribution in [0.25, 0.3) is 22.6 Å². The summed E-state index contributed by atoms with van der Waals surface area (Å²) in [5, 5.41) is 4.78. The number of benzene rings is 2. The molecule has 0 spiro atoms. The van der Waals surface area contributed by atoms with E-state index in [0.29, 0.717) is 0 Å². The molecule has 4 aromatic rings. The summed E-state index contributed by atoms with van der Waals surface area (Å²) in [5.41, 5.74) is 3.66. The van der Waals surface area contributed by atoms with E-state index in [1.54, 1.807) is 6.20 Å². The molecular weight excluding hydrogens is 507 g/mol. The van der Waals surface area contributed by atoms with Crippen molar-refractivity contribution >= 4 is 44.8 Å². The van der Waals surface area contributed by atoms with Crippen molar-refractivity contribution in [1.29, 1.82) is 0 Å². The third-order valence-electron chi connectivity index (χ3n) is 3.49. The molecule has 0 atom stereocenters. The van der Waals surface area contributed by atoms with Gasteiger partial charge in [-0.25, -0.2) is 0 Å². The number of halogens is 6. The Hall–Kier alpha value is -2.27. The molecule has 2 heterocycles. The monoisotopic (exact) mass is 516 g/mol. The molecule has 2 aromatic heterocycles. The van der Waals surface area contributed by atoms with Gasteiger partial charge in [0.05, 0.1) is 4.47 Å². The van der Waals surface area contributed by atoms with Gasteiger partial charge in [-0.1, -0.05) is 51.1 Å². The minimum absolute atomic E-state index is 0.808. The summed E-state index contributed by atoms with van der Waals surface area (Å²) in [7, 11) is -6.00. The Morgan fingerprint density at radius 2 is 1.46 bits per heavy atom. The lowest BCUT2D eigenvalue weighted by atomic mass is 10.2. The molecule has 4 rings (SSSR count). The van der Waals surface area contributed by atoms with Gasteiger partial charge in [-0.2, -0.15) is 0 Å². The van der Waals surface area contributed by atoms with Crippen LogP contribution < -0.4 is 4.52 Å². The van der Waals surface area contributed by atoms with Crippen molar-refractivity contribution in [3.05, 3.63) is 75.9 Å². The molecule has 11 heteroatoms. The molecule has 4 nitrogen and oxygen atoms in total. The second-order valence-corrected chi connectivity index (χ2v) is 7.35. The van der Waals surface area contributed by atoms with Crippen molar-refractivity contribution in [2.75, 3.05) is 0 Å². The van der Waals surface area contributed by atoms with Crippen molar-refractivity contribution in [2.24, 2.45) is 0 Å². The van der Waals surface area contributed by atoms with E-state index >= 15 is 0 Å². The predicted octanol–water partition coefficient (Wildman–Crippen LogP) is 5.50. The molecule has 0 fully saturated rings. The summed E-state index contributed by atoms with van der Waals surface area (Å²) in [4.78, 5) is 6.39. The number of fused-ring (bicyclic) bond motifs is 1. The van der Waals surface area contributed by atoms with Crippen molar-refractivity contribution in [1.82, 2.24) is 14.9 Å². The fourth-order valence-electron chi connectivity index (χ4n) is 2.43. The second-order valence-electron chi connectivity index (χ2n) is 5.52. The van der Waals surface area contributed by atoms with Crippen LogP contribution in [0.1, 0.15) is 0 Å². The van der Waals surface area contributed by atoms with Crippen LogP contribution in [0.2, 0.25) is 0 Å². The Balaban J connectivity index is 0.000000403. The van der Waals surface area contributed by atoms with Gasteiger partial charge in [-0.05, 0) is 45.3 Å². The highest BCUT2D eigenvalue weighted by Crippen LogP contribution is 2.21. The molecule has 144 valence electrons. The Morgan fingerprint density at radius 1 is 0.857 bits per heavy atom. The quantitative estimate of drug-likeness (QED) is 0.200. The Labute approximate surface area is 174 Å². The molecule has 28 heavy (non-hydrogen) atoms. The maximum absolute atomic E-state index is 9.75. The molecule has 0 radical (unpaired) electrons. The normalized spacial score (nSPS) is 11.2. The Morgan fingerprint density at radius 3 is 2.07 bits per heavy atom. The van der Waals surface area contributed by atoms with E-state index in [1.165, 1.54) is 0 Å². The topological polar surface area (TPSA) is 34.8 Å². The summed E-state index contributed by atoms with van der Waals surface area (Å²) in [6.07, 6.45) is 3.75. The van der Waals surface area contributed by atoms with Crippen LogP contribution >= 0.6 is 31.9 Å². The summed E-state index contributed by atoms with van der Waals surface area (Å²) >= 11 is 6.95. The van der Waals surface area contributed by atoms with Gasteiger partial charge in [0.25, 0.3) is 0 Å². The molecule has 0 saturated heterocycles. The average Bonchev–Trinajstić information content (AvgIpc) is 3.00. The fraction of sp³-hybridized carbons (Fsp3) is 0. The zero-order valence-corrected chi connectivity index (χ0v) is 17.2. The van der Waals surface area contributed by atoms with Crippen LogP contribution in [-0.2, 0) is 0 Å². The van der Waals surface area contributed by atoms with E-state index in [1.807, 2.05) is 70.1 Å². The molecule has 0 unspecified atom stereocenters. The summed E-state index contributed by atoms with van der Waals surface area (Å²) in [5.74, 6) is 0. The summed E-state index contributed by atoms with van der Waals surface area (Å²) in [6.45, 7) is 0.